The molecule has 1 fully saturated rings. The van der Waals surface area contributed by atoms with Gasteiger partial charge in [0, 0.05) is 32.0 Å². The van der Waals surface area contributed by atoms with Gasteiger partial charge < -0.3 is 15.0 Å². The average molecular weight is 208 g/mol. The zero-order valence-electron chi connectivity index (χ0n) is 8.66. The molecule has 1 saturated heterocycles. The van der Waals surface area contributed by atoms with Crippen molar-refractivity contribution in [2.24, 2.45) is 0 Å². The van der Waals surface area contributed by atoms with Crippen molar-refractivity contribution < 1.29 is 4.74 Å². The average Bonchev–Trinajstić information content (AvgIpc) is 2.71. The van der Waals surface area contributed by atoms with E-state index in [4.69, 9.17) is 4.74 Å². The Hall–Kier alpha value is -1.13. The minimum absolute atomic E-state index is 0.0496. The number of aromatic amines is 1. The van der Waals surface area contributed by atoms with Crippen LogP contribution in [0.4, 0.5) is 0 Å². The summed E-state index contributed by atoms with van der Waals surface area (Å²) in [4.78, 5) is 13.6. The van der Waals surface area contributed by atoms with Gasteiger partial charge in [-0.05, 0) is 24.5 Å². The van der Waals surface area contributed by atoms with E-state index in [1.165, 1.54) is 0 Å². The first-order chi connectivity index (χ1) is 7.34. The molecule has 2 rings (SSSR count). The van der Waals surface area contributed by atoms with E-state index in [0.717, 1.165) is 38.1 Å². The van der Waals surface area contributed by atoms with Crippen molar-refractivity contribution in [3.05, 3.63) is 34.2 Å². The molecule has 0 spiro atoms. The maximum atomic E-state index is 11.0. The number of rotatable bonds is 4. The fourth-order valence-corrected chi connectivity index (χ4v) is 1.78. The highest BCUT2D eigenvalue weighted by molar-refractivity contribution is 5.09. The fourth-order valence-electron chi connectivity index (χ4n) is 1.78. The summed E-state index contributed by atoms with van der Waals surface area (Å²) < 4.78 is 5.48. The third-order valence-corrected chi connectivity index (χ3v) is 2.56. The predicted molar refractivity (Wildman–Crippen MR) is 57.7 cm³/mol. The molecule has 4 nitrogen and oxygen atoms in total. The molecule has 1 aromatic rings. The van der Waals surface area contributed by atoms with E-state index in [-0.39, 0.29) is 5.56 Å². The minimum atomic E-state index is -0.0496. The summed E-state index contributed by atoms with van der Waals surface area (Å²) in [5.41, 5.74) is 0.961. The summed E-state index contributed by atoms with van der Waals surface area (Å²) in [7, 11) is 0. The molecular weight excluding hydrogens is 192 g/mol. The van der Waals surface area contributed by atoms with Crippen molar-refractivity contribution >= 4 is 0 Å². The molecule has 1 aromatic heterocycles. The monoisotopic (exact) mass is 208 g/mol. The van der Waals surface area contributed by atoms with Crippen LogP contribution in [-0.2, 0) is 11.3 Å². The van der Waals surface area contributed by atoms with E-state index in [1.54, 1.807) is 12.3 Å². The van der Waals surface area contributed by atoms with Crippen LogP contribution in [0.1, 0.15) is 18.4 Å². The van der Waals surface area contributed by atoms with Crippen LogP contribution in [0.3, 0.4) is 0 Å². The van der Waals surface area contributed by atoms with E-state index in [9.17, 15) is 4.79 Å². The molecule has 4 heteroatoms. The van der Waals surface area contributed by atoms with Gasteiger partial charge in [-0.3, -0.25) is 4.79 Å². The minimum Gasteiger partial charge on any atom is -0.377 e. The molecular formula is C11H16N2O2. The van der Waals surface area contributed by atoms with Gasteiger partial charge in [0.05, 0.1) is 6.10 Å². The molecule has 1 aliphatic rings. The Kier molecular flexibility index (Phi) is 3.53. The second kappa shape index (κ2) is 5.09. The lowest BCUT2D eigenvalue weighted by Gasteiger charge is -2.10. The third kappa shape index (κ3) is 3.18. The lowest BCUT2D eigenvalue weighted by atomic mass is 10.2. The molecule has 1 aliphatic heterocycles. The van der Waals surface area contributed by atoms with Crippen molar-refractivity contribution in [3.8, 4) is 0 Å². The van der Waals surface area contributed by atoms with Gasteiger partial charge in [-0.2, -0.15) is 0 Å². The van der Waals surface area contributed by atoms with Gasteiger partial charge in [0.15, 0.2) is 0 Å². The van der Waals surface area contributed by atoms with Crippen LogP contribution in [-0.4, -0.2) is 24.2 Å². The molecule has 0 radical (unpaired) electrons. The highest BCUT2D eigenvalue weighted by atomic mass is 16.5. The summed E-state index contributed by atoms with van der Waals surface area (Å²) in [5.74, 6) is 0. The molecule has 0 saturated carbocycles. The third-order valence-electron chi connectivity index (χ3n) is 2.56. The van der Waals surface area contributed by atoms with E-state index < -0.39 is 0 Å². The standard InChI is InChI=1S/C11H16N2O2/c14-11-6-9(3-4-13-11)7-12-8-10-2-1-5-15-10/h3-4,6,10,12H,1-2,5,7-8H2,(H,13,14). The predicted octanol–water partition coefficient (Wildman–Crippen LogP) is 0.643. The summed E-state index contributed by atoms with van der Waals surface area (Å²) in [5, 5.41) is 3.29. The van der Waals surface area contributed by atoms with Crippen LogP contribution in [0.5, 0.6) is 0 Å². The second-order valence-electron chi connectivity index (χ2n) is 3.83. The first-order valence-corrected chi connectivity index (χ1v) is 5.34. The Balaban J connectivity index is 1.75. The molecule has 2 heterocycles. The molecule has 1 unspecified atom stereocenters. The lowest BCUT2D eigenvalue weighted by Crippen LogP contribution is -2.26. The SMILES string of the molecule is O=c1cc(CNCC2CCCO2)cc[nH]1. The summed E-state index contributed by atoms with van der Waals surface area (Å²) in [6.07, 6.45) is 4.33. The Morgan fingerprint density at radius 2 is 2.53 bits per heavy atom. The zero-order chi connectivity index (χ0) is 10.5. The number of H-pyrrole nitrogens is 1. The van der Waals surface area contributed by atoms with Gasteiger partial charge in [-0.15, -0.1) is 0 Å². The molecule has 0 amide bonds. The normalized spacial score (nSPS) is 20.7. The van der Waals surface area contributed by atoms with Crippen LogP contribution >= 0.6 is 0 Å². The quantitative estimate of drug-likeness (QED) is 0.763. The fraction of sp³-hybridized carbons (Fsp3) is 0.545. The van der Waals surface area contributed by atoms with Crippen LogP contribution in [0, 0.1) is 0 Å². The highest BCUT2D eigenvalue weighted by Gasteiger charge is 2.14. The topological polar surface area (TPSA) is 54.1 Å². The smallest absolute Gasteiger partial charge is 0.248 e. The number of ether oxygens (including phenoxy) is 1. The maximum Gasteiger partial charge on any atom is 0.248 e. The Bertz CT molecular complexity index is 356. The number of hydrogen-bond donors (Lipinski definition) is 2. The van der Waals surface area contributed by atoms with Crippen LogP contribution in [0.25, 0.3) is 0 Å². The number of pyridine rings is 1. The van der Waals surface area contributed by atoms with Gasteiger partial charge in [-0.25, -0.2) is 0 Å². The van der Waals surface area contributed by atoms with E-state index in [2.05, 4.69) is 10.3 Å². The molecule has 0 aromatic carbocycles. The maximum absolute atomic E-state index is 11.0. The molecule has 82 valence electrons. The molecule has 0 aliphatic carbocycles. The lowest BCUT2D eigenvalue weighted by molar-refractivity contribution is 0.110. The summed E-state index contributed by atoms with van der Waals surface area (Å²) >= 11 is 0. The molecule has 1 atom stereocenters. The van der Waals surface area contributed by atoms with Gasteiger partial charge in [0.2, 0.25) is 5.56 Å². The second-order valence-corrected chi connectivity index (χ2v) is 3.83. The van der Waals surface area contributed by atoms with Crippen LogP contribution in [0.2, 0.25) is 0 Å². The summed E-state index contributed by atoms with van der Waals surface area (Å²) in [6, 6.07) is 3.52. The van der Waals surface area contributed by atoms with Gasteiger partial charge in [0.1, 0.15) is 0 Å². The zero-order valence-corrected chi connectivity index (χ0v) is 8.66. The van der Waals surface area contributed by atoms with Crippen molar-refractivity contribution in [2.75, 3.05) is 13.2 Å². The molecule has 2 N–H and O–H groups in total. The number of hydrogen-bond acceptors (Lipinski definition) is 3. The number of nitrogens with one attached hydrogen (secondary N) is 2. The Morgan fingerprint density at radius 1 is 1.60 bits per heavy atom. The van der Waals surface area contributed by atoms with Gasteiger partial charge in [-0.1, -0.05) is 0 Å². The van der Waals surface area contributed by atoms with Crippen molar-refractivity contribution in [1.82, 2.24) is 10.3 Å². The van der Waals surface area contributed by atoms with E-state index in [1.807, 2.05) is 6.07 Å². The highest BCUT2D eigenvalue weighted by Crippen LogP contribution is 2.10. The molecule has 15 heavy (non-hydrogen) atoms. The summed E-state index contributed by atoms with van der Waals surface area (Å²) in [6.45, 7) is 2.48. The Labute approximate surface area is 88.7 Å². The van der Waals surface area contributed by atoms with Crippen molar-refractivity contribution in [3.63, 3.8) is 0 Å². The largest absolute Gasteiger partial charge is 0.377 e. The van der Waals surface area contributed by atoms with E-state index >= 15 is 0 Å². The van der Waals surface area contributed by atoms with Crippen LogP contribution < -0.4 is 10.9 Å². The van der Waals surface area contributed by atoms with Gasteiger partial charge in [0.25, 0.3) is 0 Å². The van der Waals surface area contributed by atoms with Crippen molar-refractivity contribution in [1.29, 1.82) is 0 Å². The van der Waals surface area contributed by atoms with Crippen LogP contribution in [0.15, 0.2) is 23.1 Å². The first-order valence-electron chi connectivity index (χ1n) is 5.34. The number of aromatic nitrogens is 1. The Morgan fingerprint density at radius 3 is 3.27 bits per heavy atom. The first kappa shape index (κ1) is 10.4. The van der Waals surface area contributed by atoms with E-state index in [0.29, 0.717) is 6.10 Å². The van der Waals surface area contributed by atoms with Gasteiger partial charge >= 0.3 is 0 Å². The molecule has 0 bridgehead atoms. The van der Waals surface area contributed by atoms with Crippen molar-refractivity contribution in [2.45, 2.75) is 25.5 Å².